The first-order valence-electron chi connectivity index (χ1n) is 7.12. The number of hydrogen-bond donors (Lipinski definition) is 2. The maximum Gasteiger partial charge on any atom is 0.254 e. The quantitative estimate of drug-likeness (QED) is 0.866. The number of carbonyl (C=O) groups is 1. The van der Waals surface area contributed by atoms with Crippen molar-refractivity contribution in [2.24, 2.45) is 5.92 Å². The second-order valence-corrected chi connectivity index (χ2v) is 7.27. The molecule has 3 nitrogen and oxygen atoms in total. The van der Waals surface area contributed by atoms with Crippen molar-refractivity contribution < 1.29 is 4.79 Å². The number of hydrogen-bond acceptors (Lipinski definition) is 3. The Balaban J connectivity index is 2.35. The molecule has 0 radical (unpaired) electrons. The highest BCUT2D eigenvalue weighted by Gasteiger charge is 2.28. The number of anilines is 1. The summed E-state index contributed by atoms with van der Waals surface area (Å²) >= 11 is 1.58. The van der Waals surface area contributed by atoms with E-state index in [4.69, 9.17) is 5.73 Å². The van der Waals surface area contributed by atoms with Gasteiger partial charge in [0.15, 0.2) is 0 Å². The molecule has 1 fully saturated rings. The summed E-state index contributed by atoms with van der Waals surface area (Å²) in [5.41, 5.74) is 8.03. The highest BCUT2D eigenvalue weighted by atomic mass is 32.1. The summed E-state index contributed by atoms with van der Waals surface area (Å²) in [6, 6.07) is 0.376. The van der Waals surface area contributed by atoms with Gasteiger partial charge >= 0.3 is 0 Å². The molecule has 1 amide bonds. The lowest BCUT2D eigenvalue weighted by molar-refractivity contribution is 0.0951. The van der Waals surface area contributed by atoms with E-state index in [0.29, 0.717) is 22.9 Å². The van der Waals surface area contributed by atoms with Crippen molar-refractivity contribution in [3.63, 3.8) is 0 Å². The molecule has 19 heavy (non-hydrogen) atoms. The van der Waals surface area contributed by atoms with Crippen molar-refractivity contribution >= 4 is 22.2 Å². The van der Waals surface area contributed by atoms with Crippen LogP contribution in [0.1, 0.15) is 67.3 Å². The fourth-order valence-corrected chi connectivity index (χ4v) is 3.41. The van der Waals surface area contributed by atoms with Gasteiger partial charge in [0.1, 0.15) is 0 Å². The second-order valence-electron chi connectivity index (χ2n) is 6.18. The zero-order valence-corrected chi connectivity index (χ0v) is 13.1. The number of carbonyl (C=O) groups excluding carboxylic acids is 1. The van der Waals surface area contributed by atoms with E-state index in [-0.39, 0.29) is 5.91 Å². The summed E-state index contributed by atoms with van der Waals surface area (Å²) in [7, 11) is 0. The molecule has 0 atom stereocenters. The van der Waals surface area contributed by atoms with Gasteiger partial charge in [-0.05, 0) is 36.7 Å². The lowest BCUT2D eigenvalue weighted by atomic mass is 9.95. The van der Waals surface area contributed by atoms with Gasteiger partial charge in [-0.2, -0.15) is 0 Å². The van der Waals surface area contributed by atoms with Crippen LogP contribution in [0.4, 0.5) is 5.00 Å². The molecule has 2 rings (SSSR count). The molecular weight excluding hydrogens is 256 g/mol. The zero-order valence-electron chi connectivity index (χ0n) is 12.2. The fraction of sp³-hybridized carbons (Fsp3) is 0.667. The number of rotatable bonds is 5. The summed E-state index contributed by atoms with van der Waals surface area (Å²) in [6.07, 6.45) is 3.13. The van der Waals surface area contributed by atoms with E-state index in [1.165, 1.54) is 10.4 Å². The van der Waals surface area contributed by atoms with Crippen LogP contribution in [0.25, 0.3) is 0 Å². The minimum absolute atomic E-state index is 0.0267. The maximum atomic E-state index is 12.4. The molecule has 3 N–H and O–H groups in total. The highest BCUT2D eigenvalue weighted by molar-refractivity contribution is 7.16. The van der Waals surface area contributed by atoms with Crippen molar-refractivity contribution in [1.29, 1.82) is 0 Å². The van der Waals surface area contributed by atoms with Crippen molar-refractivity contribution in [1.82, 2.24) is 5.32 Å². The lowest BCUT2D eigenvalue weighted by Crippen LogP contribution is -2.27. The van der Waals surface area contributed by atoms with E-state index in [2.05, 4.69) is 33.0 Å². The Hall–Kier alpha value is -1.03. The number of amides is 1. The Kier molecular flexibility index (Phi) is 4.19. The van der Waals surface area contributed by atoms with Crippen LogP contribution in [0.15, 0.2) is 0 Å². The molecule has 1 saturated carbocycles. The predicted molar refractivity (Wildman–Crippen MR) is 81.9 cm³/mol. The summed E-state index contributed by atoms with van der Waals surface area (Å²) in [5.74, 6) is 0.973. The minimum atomic E-state index is 0.0267. The normalized spacial score (nSPS) is 15.3. The summed E-state index contributed by atoms with van der Waals surface area (Å²) < 4.78 is 0. The molecule has 0 unspecified atom stereocenters. The van der Waals surface area contributed by atoms with Crippen LogP contribution in [-0.4, -0.2) is 11.9 Å². The van der Waals surface area contributed by atoms with E-state index in [1.807, 2.05) is 0 Å². The van der Waals surface area contributed by atoms with Crippen LogP contribution in [0.3, 0.4) is 0 Å². The Morgan fingerprint density at radius 2 is 2.00 bits per heavy atom. The number of nitrogens with one attached hydrogen (secondary N) is 1. The molecule has 0 aliphatic heterocycles. The molecule has 0 spiro atoms. The number of thiophene rings is 1. The fourth-order valence-electron chi connectivity index (χ4n) is 2.31. The van der Waals surface area contributed by atoms with Gasteiger partial charge < -0.3 is 11.1 Å². The van der Waals surface area contributed by atoms with Gasteiger partial charge in [-0.3, -0.25) is 4.79 Å². The third-order valence-corrected chi connectivity index (χ3v) is 4.70. The third kappa shape index (κ3) is 3.30. The molecule has 1 aromatic heterocycles. The Morgan fingerprint density at radius 3 is 2.47 bits per heavy atom. The Bertz CT molecular complexity index is 473. The Labute approximate surface area is 119 Å². The predicted octanol–water partition coefficient (Wildman–Crippen LogP) is 3.54. The topological polar surface area (TPSA) is 55.1 Å². The molecule has 1 aliphatic rings. The molecule has 0 saturated heterocycles. The first-order chi connectivity index (χ1) is 8.90. The monoisotopic (exact) mass is 280 g/mol. The van der Waals surface area contributed by atoms with Gasteiger partial charge in [0.2, 0.25) is 0 Å². The summed E-state index contributed by atoms with van der Waals surface area (Å²) in [4.78, 5) is 13.6. The van der Waals surface area contributed by atoms with Crippen LogP contribution >= 0.6 is 11.3 Å². The van der Waals surface area contributed by atoms with Gasteiger partial charge in [0.05, 0.1) is 10.6 Å². The van der Waals surface area contributed by atoms with Gasteiger partial charge in [0.25, 0.3) is 5.91 Å². The van der Waals surface area contributed by atoms with Crippen molar-refractivity contribution in [3.05, 3.63) is 16.0 Å². The van der Waals surface area contributed by atoms with E-state index in [0.717, 1.165) is 24.8 Å². The van der Waals surface area contributed by atoms with Crippen LogP contribution in [0, 0.1) is 5.92 Å². The second kappa shape index (κ2) is 5.53. The summed E-state index contributed by atoms with van der Waals surface area (Å²) in [6.45, 7) is 8.69. The smallest absolute Gasteiger partial charge is 0.254 e. The molecule has 4 heteroatoms. The first kappa shape index (κ1) is 14.4. The SMILES string of the molecule is CC(C)Cc1c(C(C)C)sc(N)c1C(=O)NC1CC1. The van der Waals surface area contributed by atoms with Gasteiger partial charge in [-0.15, -0.1) is 11.3 Å². The molecular formula is C15H24N2OS. The van der Waals surface area contributed by atoms with E-state index < -0.39 is 0 Å². The largest absolute Gasteiger partial charge is 0.390 e. The average molecular weight is 280 g/mol. The van der Waals surface area contributed by atoms with Crippen LogP contribution in [-0.2, 0) is 6.42 Å². The van der Waals surface area contributed by atoms with E-state index in [1.54, 1.807) is 11.3 Å². The van der Waals surface area contributed by atoms with Crippen LogP contribution in [0.2, 0.25) is 0 Å². The third-order valence-electron chi connectivity index (χ3n) is 3.34. The molecule has 0 bridgehead atoms. The molecule has 1 aromatic rings. The van der Waals surface area contributed by atoms with Crippen LogP contribution < -0.4 is 11.1 Å². The van der Waals surface area contributed by atoms with Crippen molar-refractivity contribution in [2.45, 2.75) is 58.9 Å². The number of nitrogens with two attached hydrogens (primary N) is 1. The van der Waals surface area contributed by atoms with Gasteiger partial charge in [0, 0.05) is 10.9 Å². The van der Waals surface area contributed by atoms with Crippen LogP contribution in [0.5, 0.6) is 0 Å². The standard InChI is InChI=1S/C15H24N2OS/c1-8(2)7-11-12(15(18)17-10-5-6-10)14(16)19-13(11)9(3)4/h8-10H,5-7,16H2,1-4H3,(H,17,18). The van der Waals surface area contributed by atoms with Gasteiger partial charge in [-0.25, -0.2) is 0 Å². The van der Waals surface area contributed by atoms with E-state index >= 15 is 0 Å². The minimum Gasteiger partial charge on any atom is -0.390 e. The van der Waals surface area contributed by atoms with Gasteiger partial charge in [-0.1, -0.05) is 27.7 Å². The molecule has 1 heterocycles. The maximum absolute atomic E-state index is 12.4. The lowest BCUT2D eigenvalue weighted by Gasteiger charge is -2.12. The molecule has 106 valence electrons. The Morgan fingerprint density at radius 1 is 1.37 bits per heavy atom. The first-order valence-corrected chi connectivity index (χ1v) is 7.93. The molecule has 0 aromatic carbocycles. The van der Waals surface area contributed by atoms with Crippen molar-refractivity contribution in [3.8, 4) is 0 Å². The number of nitrogen functional groups attached to an aromatic ring is 1. The molecule has 1 aliphatic carbocycles. The highest BCUT2D eigenvalue weighted by Crippen LogP contribution is 2.37. The average Bonchev–Trinajstić information content (AvgIpc) is 3.02. The van der Waals surface area contributed by atoms with E-state index in [9.17, 15) is 4.79 Å². The summed E-state index contributed by atoms with van der Waals surface area (Å²) in [5, 5.41) is 3.74. The van der Waals surface area contributed by atoms with Crippen molar-refractivity contribution in [2.75, 3.05) is 5.73 Å². The zero-order chi connectivity index (χ0) is 14.2.